The summed E-state index contributed by atoms with van der Waals surface area (Å²) in [6.07, 6.45) is 0. The van der Waals surface area contributed by atoms with Crippen molar-refractivity contribution >= 4 is 41.0 Å². The van der Waals surface area contributed by atoms with Crippen LogP contribution in [0.4, 0.5) is 14.5 Å². The van der Waals surface area contributed by atoms with Crippen molar-refractivity contribution < 1.29 is 37.8 Å². The van der Waals surface area contributed by atoms with Crippen molar-refractivity contribution in [2.75, 3.05) is 17.3 Å². The summed E-state index contributed by atoms with van der Waals surface area (Å²) in [5.41, 5.74) is 1.56. The molecular formula is C28H24F2N2O6S. The van der Waals surface area contributed by atoms with Crippen molar-refractivity contribution in [1.82, 2.24) is 5.32 Å². The number of nitrogens with zero attached hydrogens (tertiary/aromatic N) is 1. The van der Waals surface area contributed by atoms with E-state index in [1.165, 1.54) is 72.1 Å². The van der Waals surface area contributed by atoms with Crippen molar-refractivity contribution in [3.05, 3.63) is 95.6 Å². The van der Waals surface area contributed by atoms with E-state index in [4.69, 9.17) is 9.84 Å². The number of carbonyl (C=O) groups excluding carboxylic acids is 3. The number of β-lactam (4-membered cyclic amide) rings is 1. The van der Waals surface area contributed by atoms with Gasteiger partial charge in [-0.05, 0) is 73.2 Å². The van der Waals surface area contributed by atoms with Gasteiger partial charge in [-0.3, -0.25) is 19.2 Å². The van der Waals surface area contributed by atoms with Crippen molar-refractivity contribution in [2.45, 2.75) is 24.3 Å². The van der Waals surface area contributed by atoms with E-state index in [0.29, 0.717) is 17.0 Å². The van der Waals surface area contributed by atoms with E-state index in [-0.39, 0.29) is 24.1 Å². The highest BCUT2D eigenvalue weighted by Gasteiger charge is 2.49. The van der Waals surface area contributed by atoms with Crippen LogP contribution < -0.4 is 15.0 Å². The zero-order valence-corrected chi connectivity index (χ0v) is 21.5. The number of carbonyl (C=O) groups is 4. The molecule has 1 aliphatic heterocycles. The smallest absolute Gasteiger partial charge is 0.325 e. The van der Waals surface area contributed by atoms with E-state index in [9.17, 15) is 28.0 Å². The number of ketones is 1. The zero-order chi connectivity index (χ0) is 28.1. The number of nitrogens with one attached hydrogen (secondary N) is 1. The van der Waals surface area contributed by atoms with E-state index in [0.717, 1.165) is 5.56 Å². The second-order valence-corrected chi connectivity index (χ2v) is 9.91. The van der Waals surface area contributed by atoms with Gasteiger partial charge in [-0.25, -0.2) is 8.78 Å². The van der Waals surface area contributed by atoms with E-state index in [1.54, 1.807) is 24.3 Å². The Balaban J connectivity index is 1.47. The molecule has 3 aromatic carbocycles. The lowest BCUT2D eigenvalue weighted by atomic mass is 9.92. The molecule has 2 N–H and O–H groups in total. The third-order valence-electron chi connectivity index (χ3n) is 6.05. The maximum absolute atomic E-state index is 13.5. The number of halogens is 2. The van der Waals surface area contributed by atoms with Crippen molar-refractivity contribution in [2.24, 2.45) is 0 Å². The summed E-state index contributed by atoms with van der Waals surface area (Å²) in [5, 5.41) is 10.6. The predicted molar refractivity (Wildman–Crippen MR) is 141 cm³/mol. The number of carboxylic acid groups (broad SMARTS) is 1. The Kier molecular flexibility index (Phi) is 8.60. The molecule has 0 radical (unpaired) electrons. The second kappa shape index (κ2) is 12.1. The monoisotopic (exact) mass is 554 g/mol. The first-order valence-electron chi connectivity index (χ1n) is 11.9. The molecule has 202 valence electrons. The number of Topliss-reactive ketones (excluding diaryl/α,β-unsaturated/α-hetero) is 1. The highest BCUT2D eigenvalue weighted by molar-refractivity contribution is 8.01. The Morgan fingerprint density at radius 3 is 2.15 bits per heavy atom. The molecule has 39 heavy (non-hydrogen) atoms. The third kappa shape index (κ3) is 6.61. The summed E-state index contributed by atoms with van der Waals surface area (Å²) in [7, 11) is 0. The molecule has 1 aliphatic rings. The summed E-state index contributed by atoms with van der Waals surface area (Å²) in [6.45, 7) is 0.952. The average molecular weight is 555 g/mol. The largest absolute Gasteiger partial charge is 0.484 e. The molecule has 1 fully saturated rings. The van der Waals surface area contributed by atoms with Crippen LogP contribution in [-0.2, 0) is 14.4 Å². The van der Waals surface area contributed by atoms with Crippen LogP contribution in [0.2, 0.25) is 0 Å². The van der Waals surface area contributed by atoms with Crippen LogP contribution >= 0.6 is 11.8 Å². The Hall–Kier alpha value is -4.25. The van der Waals surface area contributed by atoms with Gasteiger partial charge in [0.1, 0.15) is 28.7 Å². The molecule has 3 atom stereocenters. The zero-order valence-electron chi connectivity index (χ0n) is 20.7. The standard InChI is InChI=1S/C28H24F2N2O6S/c1-16(28(36)37)31-24(34)14-38-22-12-4-18(5-13-22)25-26(27(35)32(25)21-10-8-20(30)9-11-21)39-15-23(33)17-2-6-19(29)7-3-17/h2-13,16,25-26H,14-15H2,1H3,(H,31,34)(H,36,37)/t16-,25?,26?/m0/s1. The first-order chi connectivity index (χ1) is 18.6. The van der Waals surface area contributed by atoms with Crippen LogP contribution in [0, 0.1) is 11.6 Å². The summed E-state index contributed by atoms with van der Waals surface area (Å²) in [5.74, 6) is -2.79. The Labute approximate surface area is 227 Å². The molecule has 3 aromatic rings. The third-order valence-corrected chi connectivity index (χ3v) is 7.30. The number of anilines is 1. The molecule has 1 heterocycles. The number of hydrogen-bond acceptors (Lipinski definition) is 6. The number of aliphatic carboxylic acids is 1. The van der Waals surface area contributed by atoms with E-state index in [1.807, 2.05) is 0 Å². The fourth-order valence-electron chi connectivity index (χ4n) is 3.98. The fraction of sp³-hybridized carbons (Fsp3) is 0.214. The molecule has 2 amide bonds. The summed E-state index contributed by atoms with van der Waals surface area (Å²) in [4.78, 5) is 50.1. The van der Waals surface area contributed by atoms with Gasteiger partial charge in [0, 0.05) is 11.3 Å². The number of rotatable bonds is 11. The molecule has 11 heteroatoms. The highest BCUT2D eigenvalue weighted by Crippen LogP contribution is 2.45. The van der Waals surface area contributed by atoms with Gasteiger partial charge in [0.05, 0.1) is 11.8 Å². The molecule has 0 aromatic heterocycles. The molecule has 0 spiro atoms. The minimum Gasteiger partial charge on any atom is -0.484 e. The first kappa shape index (κ1) is 27.8. The maximum atomic E-state index is 13.5. The average Bonchev–Trinajstić information content (AvgIpc) is 2.92. The van der Waals surface area contributed by atoms with Gasteiger partial charge in [-0.15, -0.1) is 11.8 Å². The van der Waals surface area contributed by atoms with Gasteiger partial charge in [-0.2, -0.15) is 0 Å². The van der Waals surface area contributed by atoms with Crippen LogP contribution in [0.5, 0.6) is 5.75 Å². The summed E-state index contributed by atoms with van der Waals surface area (Å²) >= 11 is 1.17. The normalized spacial score (nSPS) is 17.2. The Bertz CT molecular complexity index is 1370. The first-order valence-corrected chi connectivity index (χ1v) is 12.9. The molecular weight excluding hydrogens is 530 g/mol. The number of thioether (sulfide) groups is 1. The summed E-state index contributed by atoms with van der Waals surface area (Å²) in [6, 6.07) is 15.8. The quantitative estimate of drug-likeness (QED) is 0.272. The van der Waals surface area contributed by atoms with Crippen molar-refractivity contribution in [3.8, 4) is 5.75 Å². The number of amides is 2. The SMILES string of the molecule is C[C@H](NC(=O)COc1ccc(C2C(SCC(=O)c3ccc(F)cc3)C(=O)N2c2ccc(F)cc2)cc1)C(=O)O. The predicted octanol–water partition coefficient (Wildman–Crippen LogP) is 4.01. The van der Waals surface area contributed by atoms with Gasteiger partial charge < -0.3 is 20.1 Å². The van der Waals surface area contributed by atoms with Crippen LogP contribution in [0.15, 0.2) is 72.8 Å². The second-order valence-electron chi connectivity index (χ2n) is 8.78. The Morgan fingerprint density at radius 1 is 0.974 bits per heavy atom. The van der Waals surface area contributed by atoms with E-state index < -0.39 is 40.8 Å². The lowest BCUT2D eigenvalue weighted by Crippen LogP contribution is -2.57. The number of benzene rings is 3. The van der Waals surface area contributed by atoms with Gasteiger partial charge in [-0.1, -0.05) is 12.1 Å². The number of carboxylic acids is 1. The molecule has 4 rings (SSSR count). The minimum absolute atomic E-state index is 0.000862. The number of ether oxygens (including phenoxy) is 1. The fourth-order valence-corrected chi connectivity index (χ4v) is 5.19. The van der Waals surface area contributed by atoms with Gasteiger partial charge in [0.25, 0.3) is 5.91 Å². The lowest BCUT2D eigenvalue weighted by molar-refractivity contribution is -0.141. The molecule has 2 unspecified atom stereocenters. The highest BCUT2D eigenvalue weighted by atomic mass is 32.2. The minimum atomic E-state index is -1.17. The lowest BCUT2D eigenvalue weighted by Gasteiger charge is -2.47. The summed E-state index contributed by atoms with van der Waals surface area (Å²) < 4.78 is 32.1. The van der Waals surface area contributed by atoms with Gasteiger partial charge in [0.15, 0.2) is 12.4 Å². The van der Waals surface area contributed by atoms with Crippen LogP contribution in [0.25, 0.3) is 0 Å². The van der Waals surface area contributed by atoms with Gasteiger partial charge in [0.2, 0.25) is 5.91 Å². The van der Waals surface area contributed by atoms with Crippen LogP contribution in [-0.4, -0.2) is 52.3 Å². The molecule has 1 saturated heterocycles. The van der Waals surface area contributed by atoms with E-state index >= 15 is 0 Å². The van der Waals surface area contributed by atoms with E-state index in [2.05, 4.69) is 5.32 Å². The number of hydrogen-bond donors (Lipinski definition) is 2. The van der Waals surface area contributed by atoms with Crippen LogP contribution in [0.3, 0.4) is 0 Å². The van der Waals surface area contributed by atoms with Gasteiger partial charge >= 0.3 is 5.97 Å². The molecule has 0 aliphatic carbocycles. The van der Waals surface area contributed by atoms with Crippen LogP contribution in [0.1, 0.15) is 28.9 Å². The Morgan fingerprint density at radius 2 is 1.56 bits per heavy atom. The molecule has 0 saturated carbocycles. The van der Waals surface area contributed by atoms with Crippen molar-refractivity contribution in [1.29, 1.82) is 0 Å². The molecule has 8 nitrogen and oxygen atoms in total. The maximum Gasteiger partial charge on any atom is 0.325 e. The topological polar surface area (TPSA) is 113 Å². The van der Waals surface area contributed by atoms with Crippen molar-refractivity contribution in [3.63, 3.8) is 0 Å². The molecule has 0 bridgehead atoms.